The van der Waals surface area contributed by atoms with Crippen LogP contribution in [-0.4, -0.2) is 30.4 Å². The summed E-state index contributed by atoms with van der Waals surface area (Å²) in [7, 11) is -3.28. The van der Waals surface area contributed by atoms with Crippen LogP contribution < -0.4 is 5.32 Å². The Kier molecular flexibility index (Phi) is 5.15. The summed E-state index contributed by atoms with van der Waals surface area (Å²) in [5.74, 6) is 0.343. The molecule has 0 saturated carbocycles. The van der Waals surface area contributed by atoms with Crippen molar-refractivity contribution in [1.29, 1.82) is 0 Å². The van der Waals surface area contributed by atoms with Gasteiger partial charge in [-0.25, -0.2) is 18.4 Å². The van der Waals surface area contributed by atoms with Gasteiger partial charge in [0, 0.05) is 23.6 Å². The van der Waals surface area contributed by atoms with Crippen LogP contribution in [0.15, 0.2) is 52.9 Å². The van der Waals surface area contributed by atoms with E-state index in [2.05, 4.69) is 15.3 Å². The van der Waals surface area contributed by atoms with Crippen molar-refractivity contribution in [3.05, 3.63) is 58.5 Å². The van der Waals surface area contributed by atoms with Crippen molar-refractivity contribution in [2.45, 2.75) is 18.4 Å². The zero-order valence-corrected chi connectivity index (χ0v) is 15.9. The molecule has 0 aliphatic heterocycles. The zero-order valence-electron chi connectivity index (χ0n) is 14.3. The molecule has 0 aliphatic rings. The van der Waals surface area contributed by atoms with Crippen molar-refractivity contribution in [3.63, 3.8) is 0 Å². The number of hydrogen-bond donors (Lipinski definition) is 1. The summed E-state index contributed by atoms with van der Waals surface area (Å²) >= 11 is 1.63. The number of carbonyl (C=O) groups is 1. The Balaban J connectivity index is 1.95. The van der Waals surface area contributed by atoms with Gasteiger partial charge in [-0.1, -0.05) is 18.2 Å². The van der Waals surface area contributed by atoms with Crippen molar-refractivity contribution in [2.24, 2.45) is 0 Å². The van der Waals surface area contributed by atoms with Crippen LogP contribution in [0.3, 0.4) is 0 Å². The Morgan fingerprint density at radius 3 is 2.50 bits per heavy atom. The van der Waals surface area contributed by atoms with E-state index < -0.39 is 9.84 Å². The molecule has 3 aromatic rings. The maximum Gasteiger partial charge on any atom is 0.180 e. The molecule has 0 atom stereocenters. The molecule has 26 heavy (non-hydrogen) atoms. The molecule has 2 aromatic heterocycles. The van der Waals surface area contributed by atoms with E-state index in [1.165, 1.54) is 25.3 Å². The van der Waals surface area contributed by atoms with Gasteiger partial charge in [0.05, 0.1) is 17.6 Å². The van der Waals surface area contributed by atoms with Crippen molar-refractivity contribution in [3.8, 4) is 11.3 Å². The molecule has 1 N–H and O–H groups in total. The van der Waals surface area contributed by atoms with E-state index in [9.17, 15) is 13.2 Å². The monoisotopic (exact) mass is 387 g/mol. The van der Waals surface area contributed by atoms with E-state index in [4.69, 9.17) is 0 Å². The quantitative estimate of drug-likeness (QED) is 0.652. The van der Waals surface area contributed by atoms with Crippen LogP contribution in [0.1, 0.15) is 22.3 Å². The van der Waals surface area contributed by atoms with Gasteiger partial charge in [0.15, 0.2) is 15.6 Å². The van der Waals surface area contributed by atoms with E-state index in [0.29, 0.717) is 23.6 Å². The zero-order chi connectivity index (χ0) is 18.7. The standard InChI is InChI=1S/C18H17N3O3S2/c1-12(22)17-18(13-5-7-15(8-6-13)26(2,23)24)21-16(11-20-17)19-10-14-4-3-9-25-14/h3-9,11H,10H2,1-2H3,(H,19,21). The maximum atomic E-state index is 11.9. The molecule has 0 bridgehead atoms. The van der Waals surface area contributed by atoms with Gasteiger partial charge in [-0.05, 0) is 23.6 Å². The number of carbonyl (C=O) groups excluding carboxylic acids is 1. The average Bonchev–Trinajstić information content (AvgIpc) is 3.12. The molecule has 0 saturated heterocycles. The number of benzene rings is 1. The highest BCUT2D eigenvalue weighted by molar-refractivity contribution is 7.90. The third kappa shape index (κ3) is 4.14. The van der Waals surface area contributed by atoms with Crippen LogP contribution in [0.5, 0.6) is 0 Å². The molecule has 0 radical (unpaired) electrons. The molecule has 0 aliphatic carbocycles. The van der Waals surface area contributed by atoms with Crippen LogP contribution in [0.2, 0.25) is 0 Å². The van der Waals surface area contributed by atoms with Gasteiger partial charge in [0.2, 0.25) is 0 Å². The summed E-state index contributed by atoms with van der Waals surface area (Å²) in [4.78, 5) is 22.0. The first-order valence-corrected chi connectivity index (χ1v) is 10.6. The van der Waals surface area contributed by atoms with Gasteiger partial charge >= 0.3 is 0 Å². The molecule has 6 nitrogen and oxygen atoms in total. The summed E-state index contributed by atoms with van der Waals surface area (Å²) < 4.78 is 23.2. The molecule has 1 aromatic carbocycles. The van der Waals surface area contributed by atoms with Crippen molar-refractivity contribution < 1.29 is 13.2 Å². The molecule has 8 heteroatoms. The number of rotatable bonds is 6. The molecular formula is C18H17N3O3S2. The SMILES string of the molecule is CC(=O)c1ncc(NCc2cccs2)nc1-c1ccc(S(C)(=O)=O)cc1. The molecule has 3 rings (SSSR count). The lowest BCUT2D eigenvalue weighted by Crippen LogP contribution is -2.07. The summed E-state index contributed by atoms with van der Waals surface area (Å²) in [6, 6.07) is 10.3. The molecular weight excluding hydrogens is 370 g/mol. The van der Waals surface area contributed by atoms with Gasteiger partial charge in [-0.3, -0.25) is 4.79 Å². The van der Waals surface area contributed by atoms with Crippen LogP contribution in [-0.2, 0) is 16.4 Å². The minimum Gasteiger partial charge on any atom is -0.364 e. The van der Waals surface area contributed by atoms with Crippen LogP contribution in [0.25, 0.3) is 11.3 Å². The van der Waals surface area contributed by atoms with Crippen LogP contribution in [0, 0.1) is 0 Å². The third-order valence-electron chi connectivity index (χ3n) is 3.69. The smallest absolute Gasteiger partial charge is 0.180 e. The lowest BCUT2D eigenvalue weighted by atomic mass is 10.1. The Labute approximate surface area is 155 Å². The van der Waals surface area contributed by atoms with E-state index in [-0.39, 0.29) is 16.4 Å². The first kappa shape index (κ1) is 18.2. The van der Waals surface area contributed by atoms with E-state index in [1.54, 1.807) is 23.5 Å². The highest BCUT2D eigenvalue weighted by Gasteiger charge is 2.15. The Morgan fingerprint density at radius 2 is 1.92 bits per heavy atom. The molecule has 0 spiro atoms. The first-order chi connectivity index (χ1) is 12.3. The molecule has 0 fully saturated rings. The number of thiophene rings is 1. The fourth-order valence-electron chi connectivity index (χ4n) is 2.38. The fraction of sp³-hybridized carbons (Fsp3) is 0.167. The van der Waals surface area contributed by atoms with Crippen molar-refractivity contribution in [1.82, 2.24) is 9.97 Å². The predicted molar refractivity (Wildman–Crippen MR) is 102 cm³/mol. The second kappa shape index (κ2) is 7.35. The highest BCUT2D eigenvalue weighted by atomic mass is 32.2. The van der Waals surface area contributed by atoms with E-state index in [1.807, 2.05) is 17.5 Å². The number of hydrogen-bond acceptors (Lipinski definition) is 7. The topological polar surface area (TPSA) is 89.0 Å². The van der Waals surface area contributed by atoms with Gasteiger partial charge in [0.25, 0.3) is 0 Å². The summed E-state index contributed by atoms with van der Waals surface area (Å²) in [6.45, 7) is 2.04. The Bertz CT molecular complexity index is 1030. The Morgan fingerprint density at radius 1 is 1.19 bits per heavy atom. The number of anilines is 1. The van der Waals surface area contributed by atoms with Crippen molar-refractivity contribution >= 4 is 32.8 Å². The van der Waals surface area contributed by atoms with Gasteiger partial charge in [0.1, 0.15) is 17.2 Å². The number of ketones is 1. The van der Waals surface area contributed by atoms with Crippen LogP contribution >= 0.6 is 11.3 Å². The van der Waals surface area contributed by atoms with Gasteiger partial charge in [-0.2, -0.15) is 0 Å². The minimum atomic E-state index is -3.28. The molecule has 2 heterocycles. The number of nitrogens with zero attached hydrogens (tertiary/aromatic N) is 2. The second-order valence-electron chi connectivity index (χ2n) is 5.74. The summed E-state index contributed by atoms with van der Waals surface area (Å²) in [5, 5.41) is 5.18. The van der Waals surface area contributed by atoms with Crippen LogP contribution in [0.4, 0.5) is 5.82 Å². The second-order valence-corrected chi connectivity index (χ2v) is 8.79. The number of Topliss-reactive ketones (excluding diaryl/α,β-unsaturated/α-hetero) is 1. The third-order valence-corrected chi connectivity index (χ3v) is 5.69. The first-order valence-electron chi connectivity index (χ1n) is 7.79. The molecule has 134 valence electrons. The Hall–Kier alpha value is -2.58. The number of sulfone groups is 1. The minimum absolute atomic E-state index is 0.204. The summed E-state index contributed by atoms with van der Waals surface area (Å²) in [5.41, 5.74) is 1.31. The molecule has 0 amide bonds. The largest absolute Gasteiger partial charge is 0.364 e. The highest BCUT2D eigenvalue weighted by Crippen LogP contribution is 2.24. The maximum absolute atomic E-state index is 11.9. The predicted octanol–water partition coefficient (Wildman–Crippen LogP) is 3.42. The van der Waals surface area contributed by atoms with Gasteiger partial charge in [-0.15, -0.1) is 11.3 Å². The van der Waals surface area contributed by atoms with E-state index in [0.717, 1.165) is 11.1 Å². The lowest BCUT2D eigenvalue weighted by Gasteiger charge is -2.10. The normalized spacial score (nSPS) is 11.3. The number of aromatic nitrogens is 2. The van der Waals surface area contributed by atoms with Crippen molar-refractivity contribution in [2.75, 3.05) is 11.6 Å². The van der Waals surface area contributed by atoms with E-state index >= 15 is 0 Å². The number of nitrogens with one attached hydrogen (secondary N) is 1. The average molecular weight is 387 g/mol. The molecule has 0 unspecified atom stereocenters. The lowest BCUT2D eigenvalue weighted by molar-refractivity contribution is 0.101. The summed E-state index contributed by atoms with van der Waals surface area (Å²) in [6.07, 6.45) is 2.68. The van der Waals surface area contributed by atoms with Gasteiger partial charge < -0.3 is 5.32 Å². The fourth-order valence-corrected chi connectivity index (χ4v) is 3.66.